The Hall–Kier alpha value is -0.840. The van der Waals surface area contributed by atoms with Crippen molar-refractivity contribution in [1.29, 1.82) is 0 Å². The highest BCUT2D eigenvalue weighted by atomic mass is 32.2. The zero-order chi connectivity index (χ0) is 12.4. The lowest BCUT2D eigenvalue weighted by molar-refractivity contribution is -0.0612. The molecule has 1 aromatic carbocycles. The molecule has 2 nitrogen and oxygen atoms in total. The first-order valence-corrected chi connectivity index (χ1v) is 6.98. The molecule has 2 aliphatic heterocycles. The average Bonchev–Trinajstić information content (AvgIpc) is 2.38. The van der Waals surface area contributed by atoms with Gasteiger partial charge in [0.1, 0.15) is 0 Å². The molecule has 0 aliphatic carbocycles. The molecular formula is C14H16FNOS. The average molecular weight is 265 g/mol. The van der Waals surface area contributed by atoms with Crippen molar-refractivity contribution >= 4 is 17.7 Å². The van der Waals surface area contributed by atoms with E-state index in [2.05, 4.69) is 11.0 Å². The van der Waals surface area contributed by atoms with Crippen LogP contribution in [0.5, 0.6) is 0 Å². The lowest BCUT2D eigenvalue weighted by atomic mass is 9.98. The summed E-state index contributed by atoms with van der Waals surface area (Å²) < 4.78 is 17.6. The van der Waals surface area contributed by atoms with Crippen LogP contribution >= 0.6 is 12.1 Å². The molecule has 18 heavy (non-hydrogen) atoms. The standard InChI is InChI=1S/C14H16FNOS/c15-18-14-3-1-11(2-4-14)12-5-7-16(8-6-12)13-9-17-10-13/h1-5,13H,6-10H2. The van der Waals surface area contributed by atoms with Crippen molar-refractivity contribution in [2.24, 2.45) is 0 Å². The predicted octanol–water partition coefficient (Wildman–Crippen LogP) is 3.15. The highest BCUT2D eigenvalue weighted by Gasteiger charge is 2.26. The van der Waals surface area contributed by atoms with Crippen LogP contribution in [0.25, 0.3) is 5.57 Å². The molecule has 0 atom stereocenters. The first-order chi connectivity index (χ1) is 8.86. The summed E-state index contributed by atoms with van der Waals surface area (Å²) in [5, 5.41) is 0. The molecule has 0 radical (unpaired) electrons. The van der Waals surface area contributed by atoms with Crippen LogP contribution in [0.15, 0.2) is 35.2 Å². The van der Waals surface area contributed by atoms with E-state index in [1.54, 1.807) is 0 Å². The van der Waals surface area contributed by atoms with Gasteiger partial charge in [0, 0.05) is 18.0 Å². The van der Waals surface area contributed by atoms with Crippen LogP contribution < -0.4 is 0 Å². The molecule has 0 bridgehead atoms. The van der Waals surface area contributed by atoms with Gasteiger partial charge in [-0.25, -0.2) is 0 Å². The minimum absolute atomic E-state index is 0.297. The molecule has 0 unspecified atom stereocenters. The molecule has 0 saturated carbocycles. The van der Waals surface area contributed by atoms with Gasteiger partial charge >= 0.3 is 0 Å². The second-order valence-corrected chi connectivity index (χ2v) is 5.39. The fourth-order valence-electron chi connectivity index (χ4n) is 2.43. The van der Waals surface area contributed by atoms with E-state index in [4.69, 9.17) is 4.74 Å². The summed E-state index contributed by atoms with van der Waals surface area (Å²) in [6, 6.07) is 8.32. The van der Waals surface area contributed by atoms with Crippen LogP contribution in [0.4, 0.5) is 3.89 Å². The molecular weight excluding hydrogens is 249 g/mol. The number of halogens is 1. The molecule has 0 spiro atoms. The maximum absolute atomic E-state index is 12.4. The van der Waals surface area contributed by atoms with Crippen molar-refractivity contribution in [2.45, 2.75) is 17.4 Å². The maximum atomic E-state index is 12.4. The third-order valence-corrected chi connectivity index (χ3v) is 4.14. The Balaban J connectivity index is 1.67. The summed E-state index contributed by atoms with van der Waals surface area (Å²) in [4.78, 5) is 3.14. The van der Waals surface area contributed by atoms with Gasteiger partial charge in [-0.15, -0.1) is 0 Å². The first kappa shape index (κ1) is 12.2. The van der Waals surface area contributed by atoms with Crippen LogP contribution in [0.2, 0.25) is 0 Å². The fraction of sp³-hybridized carbons (Fsp3) is 0.429. The summed E-state index contributed by atoms with van der Waals surface area (Å²) in [6.07, 6.45) is 3.36. The predicted molar refractivity (Wildman–Crippen MR) is 72.2 cm³/mol. The number of nitrogens with zero attached hydrogens (tertiary/aromatic N) is 1. The molecule has 3 rings (SSSR count). The van der Waals surface area contributed by atoms with Crippen LogP contribution in [-0.4, -0.2) is 37.2 Å². The van der Waals surface area contributed by atoms with Crippen molar-refractivity contribution in [2.75, 3.05) is 26.3 Å². The van der Waals surface area contributed by atoms with Gasteiger partial charge in [0.15, 0.2) is 0 Å². The summed E-state index contributed by atoms with van der Waals surface area (Å²) in [5.74, 6) is 0. The maximum Gasteiger partial charge on any atom is 0.0812 e. The lowest BCUT2D eigenvalue weighted by Gasteiger charge is -2.38. The Kier molecular flexibility index (Phi) is 3.68. The van der Waals surface area contributed by atoms with Crippen LogP contribution in [0, 0.1) is 0 Å². The molecule has 1 fully saturated rings. The molecule has 0 N–H and O–H groups in total. The van der Waals surface area contributed by atoms with Gasteiger partial charge < -0.3 is 4.74 Å². The van der Waals surface area contributed by atoms with E-state index in [0.717, 1.165) is 32.7 Å². The third-order valence-electron chi connectivity index (χ3n) is 3.69. The first-order valence-electron chi connectivity index (χ1n) is 6.26. The molecule has 0 amide bonds. The lowest BCUT2D eigenvalue weighted by Crippen LogP contribution is -2.50. The summed E-state index contributed by atoms with van der Waals surface area (Å²) >= 11 is 0.297. The van der Waals surface area contributed by atoms with Crippen LogP contribution in [0.1, 0.15) is 12.0 Å². The minimum atomic E-state index is 0.297. The van der Waals surface area contributed by atoms with Crippen molar-refractivity contribution in [3.63, 3.8) is 0 Å². The second-order valence-electron chi connectivity index (χ2n) is 4.77. The highest BCUT2D eigenvalue weighted by molar-refractivity contribution is 7.94. The van der Waals surface area contributed by atoms with Crippen molar-refractivity contribution in [3.8, 4) is 0 Å². The van der Waals surface area contributed by atoms with E-state index in [1.165, 1.54) is 11.1 Å². The molecule has 2 aliphatic rings. The highest BCUT2D eigenvalue weighted by Crippen LogP contribution is 2.27. The molecule has 96 valence electrons. The van der Waals surface area contributed by atoms with E-state index in [0.29, 0.717) is 23.1 Å². The number of rotatable bonds is 3. The van der Waals surface area contributed by atoms with E-state index in [1.807, 2.05) is 24.3 Å². The SMILES string of the molecule is FSc1ccc(C2=CCN(C3COC3)CC2)cc1. The van der Waals surface area contributed by atoms with E-state index >= 15 is 0 Å². The topological polar surface area (TPSA) is 12.5 Å². The fourth-order valence-corrected chi connectivity index (χ4v) is 2.67. The molecule has 2 heterocycles. The van der Waals surface area contributed by atoms with E-state index < -0.39 is 0 Å². The summed E-state index contributed by atoms with van der Waals surface area (Å²) in [5.41, 5.74) is 2.60. The quantitative estimate of drug-likeness (QED) is 0.833. The van der Waals surface area contributed by atoms with Crippen molar-refractivity contribution in [1.82, 2.24) is 4.90 Å². The largest absolute Gasteiger partial charge is 0.378 e. The number of ether oxygens (including phenoxy) is 1. The molecule has 1 aromatic rings. The number of hydrogen-bond acceptors (Lipinski definition) is 3. The van der Waals surface area contributed by atoms with Crippen molar-refractivity contribution in [3.05, 3.63) is 35.9 Å². The Labute approximate surface area is 111 Å². The Morgan fingerprint density at radius 1 is 1.22 bits per heavy atom. The number of hydrogen-bond donors (Lipinski definition) is 0. The summed E-state index contributed by atoms with van der Waals surface area (Å²) in [7, 11) is 0. The van der Waals surface area contributed by atoms with Gasteiger partial charge in [-0.1, -0.05) is 18.2 Å². The Morgan fingerprint density at radius 3 is 2.50 bits per heavy atom. The van der Waals surface area contributed by atoms with Gasteiger partial charge in [0.05, 0.1) is 31.4 Å². The number of benzene rings is 1. The van der Waals surface area contributed by atoms with Gasteiger partial charge in [-0.05, 0) is 29.7 Å². The van der Waals surface area contributed by atoms with Gasteiger partial charge in [-0.3, -0.25) is 4.90 Å². The Morgan fingerprint density at radius 2 is 2.00 bits per heavy atom. The van der Waals surface area contributed by atoms with E-state index in [-0.39, 0.29) is 0 Å². The molecule has 1 saturated heterocycles. The van der Waals surface area contributed by atoms with Gasteiger partial charge in [0.2, 0.25) is 0 Å². The second kappa shape index (κ2) is 5.43. The van der Waals surface area contributed by atoms with Crippen LogP contribution in [-0.2, 0) is 4.74 Å². The van der Waals surface area contributed by atoms with E-state index in [9.17, 15) is 3.89 Å². The van der Waals surface area contributed by atoms with Crippen LogP contribution in [0.3, 0.4) is 0 Å². The third kappa shape index (κ3) is 2.46. The monoisotopic (exact) mass is 265 g/mol. The minimum Gasteiger partial charge on any atom is -0.378 e. The molecule has 4 heteroatoms. The molecule has 0 aromatic heterocycles. The zero-order valence-corrected chi connectivity index (χ0v) is 11.0. The van der Waals surface area contributed by atoms with Gasteiger partial charge in [-0.2, -0.15) is 3.89 Å². The van der Waals surface area contributed by atoms with Gasteiger partial charge in [0.25, 0.3) is 0 Å². The van der Waals surface area contributed by atoms with Crippen molar-refractivity contribution < 1.29 is 8.62 Å². The Bertz CT molecular complexity index is 442. The summed E-state index contributed by atoms with van der Waals surface area (Å²) in [6.45, 7) is 3.86. The smallest absolute Gasteiger partial charge is 0.0812 e. The normalized spacial score (nSPS) is 21.5. The zero-order valence-electron chi connectivity index (χ0n) is 10.1.